The van der Waals surface area contributed by atoms with E-state index in [2.05, 4.69) is 5.10 Å². The summed E-state index contributed by atoms with van der Waals surface area (Å²) in [7, 11) is 0. The molecule has 0 spiro atoms. The van der Waals surface area contributed by atoms with Crippen molar-refractivity contribution >= 4 is 28.9 Å². The average molecular weight is 297 g/mol. The van der Waals surface area contributed by atoms with Crippen molar-refractivity contribution in [3.05, 3.63) is 39.7 Å². The molecule has 0 radical (unpaired) electrons. The van der Waals surface area contributed by atoms with E-state index in [0.29, 0.717) is 32.9 Å². The molecule has 2 aromatic heterocycles. The Bertz CT molecular complexity index is 790. The molecule has 0 unspecified atom stereocenters. The number of oxazole rings is 1. The fourth-order valence-corrected chi connectivity index (χ4v) is 2.57. The molecule has 0 atom stereocenters. The predicted molar refractivity (Wildman–Crippen MR) is 74.1 cm³/mol. The largest absolute Gasteiger partial charge is 0.502 e. The SMILES string of the molecule is Cc1nn2c(-c3ccc(Cl)cc3Cl)c(C)oc2c1O. The fourth-order valence-electron chi connectivity index (χ4n) is 2.07. The lowest BCUT2D eigenvalue weighted by atomic mass is 10.1. The monoisotopic (exact) mass is 296 g/mol. The topological polar surface area (TPSA) is 50.7 Å². The molecule has 98 valence electrons. The Labute approximate surface area is 119 Å². The van der Waals surface area contributed by atoms with E-state index in [4.69, 9.17) is 27.6 Å². The Kier molecular flexibility index (Phi) is 2.73. The minimum atomic E-state index is 0.0411. The zero-order valence-corrected chi connectivity index (χ0v) is 11.7. The Hall–Kier alpha value is -1.65. The number of hydrogen-bond acceptors (Lipinski definition) is 3. The molecule has 0 amide bonds. The van der Waals surface area contributed by atoms with Crippen LogP contribution >= 0.6 is 23.2 Å². The highest BCUT2D eigenvalue weighted by Gasteiger charge is 2.21. The van der Waals surface area contributed by atoms with Crippen LogP contribution < -0.4 is 0 Å². The highest BCUT2D eigenvalue weighted by atomic mass is 35.5. The van der Waals surface area contributed by atoms with Gasteiger partial charge in [-0.05, 0) is 32.0 Å². The van der Waals surface area contributed by atoms with Gasteiger partial charge in [0.15, 0.2) is 0 Å². The van der Waals surface area contributed by atoms with Gasteiger partial charge in [0, 0.05) is 10.6 Å². The molecule has 19 heavy (non-hydrogen) atoms. The van der Waals surface area contributed by atoms with Gasteiger partial charge in [-0.1, -0.05) is 23.2 Å². The molecule has 0 saturated heterocycles. The summed E-state index contributed by atoms with van der Waals surface area (Å²) in [6.07, 6.45) is 0. The third kappa shape index (κ3) is 1.79. The zero-order valence-electron chi connectivity index (χ0n) is 10.2. The molecule has 4 nitrogen and oxygen atoms in total. The maximum Gasteiger partial charge on any atom is 0.265 e. The van der Waals surface area contributed by atoms with Crippen LogP contribution in [0.5, 0.6) is 5.75 Å². The van der Waals surface area contributed by atoms with E-state index in [1.807, 2.05) is 0 Å². The first kappa shape index (κ1) is 12.4. The van der Waals surface area contributed by atoms with E-state index >= 15 is 0 Å². The van der Waals surface area contributed by atoms with Crippen molar-refractivity contribution in [3.63, 3.8) is 0 Å². The summed E-state index contributed by atoms with van der Waals surface area (Å²) in [6.45, 7) is 3.50. The summed E-state index contributed by atoms with van der Waals surface area (Å²) in [4.78, 5) is 0. The van der Waals surface area contributed by atoms with E-state index in [-0.39, 0.29) is 5.75 Å². The molecule has 0 saturated carbocycles. The first-order valence-corrected chi connectivity index (χ1v) is 6.37. The number of aromatic nitrogens is 2. The van der Waals surface area contributed by atoms with Gasteiger partial charge in [0.25, 0.3) is 5.71 Å². The third-order valence-corrected chi connectivity index (χ3v) is 3.52. The molecular weight excluding hydrogens is 287 g/mol. The average Bonchev–Trinajstić information content (AvgIpc) is 2.78. The van der Waals surface area contributed by atoms with Crippen molar-refractivity contribution in [2.75, 3.05) is 0 Å². The van der Waals surface area contributed by atoms with Crippen molar-refractivity contribution in [1.82, 2.24) is 9.61 Å². The van der Waals surface area contributed by atoms with E-state index in [1.165, 1.54) is 0 Å². The summed E-state index contributed by atoms with van der Waals surface area (Å²) >= 11 is 12.1. The molecule has 0 fully saturated rings. The summed E-state index contributed by atoms with van der Waals surface area (Å²) in [5, 5.41) is 15.2. The lowest BCUT2D eigenvalue weighted by Crippen LogP contribution is -1.91. The van der Waals surface area contributed by atoms with Crippen LogP contribution in [0, 0.1) is 13.8 Å². The van der Waals surface area contributed by atoms with Crippen LogP contribution in [0.1, 0.15) is 11.5 Å². The van der Waals surface area contributed by atoms with Gasteiger partial charge < -0.3 is 9.52 Å². The first-order valence-electron chi connectivity index (χ1n) is 5.62. The Balaban J connectivity index is 2.35. The standard InChI is InChI=1S/C13H10Cl2N2O2/c1-6-12(18)13-17(16-6)11(7(2)19-13)9-4-3-8(14)5-10(9)15/h3-5,18H,1-2H3. The molecular formula is C13H10Cl2N2O2. The summed E-state index contributed by atoms with van der Waals surface area (Å²) in [5.74, 6) is 0.668. The molecule has 0 aliphatic rings. The molecule has 6 heteroatoms. The number of benzene rings is 1. The maximum absolute atomic E-state index is 9.87. The molecule has 2 heterocycles. The van der Waals surface area contributed by atoms with Crippen molar-refractivity contribution in [2.24, 2.45) is 0 Å². The van der Waals surface area contributed by atoms with Gasteiger partial charge in [0.1, 0.15) is 17.1 Å². The minimum absolute atomic E-state index is 0.0411. The Morgan fingerprint density at radius 3 is 2.68 bits per heavy atom. The number of aryl methyl sites for hydroxylation is 2. The van der Waals surface area contributed by atoms with E-state index in [0.717, 1.165) is 5.56 Å². The van der Waals surface area contributed by atoms with Gasteiger partial charge in [-0.15, -0.1) is 0 Å². The smallest absolute Gasteiger partial charge is 0.265 e. The second-order valence-corrected chi connectivity index (χ2v) is 5.13. The van der Waals surface area contributed by atoms with Gasteiger partial charge in [-0.25, -0.2) is 0 Å². The maximum atomic E-state index is 9.87. The Morgan fingerprint density at radius 1 is 1.26 bits per heavy atom. The van der Waals surface area contributed by atoms with Crippen LogP contribution in [0.2, 0.25) is 10.0 Å². The minimum Gasteiger partial charge on any atom is -0.502 e. The second-order valence-electron chi connectivity index (χ2n) is 4.28. The summed E-state index contributed by atoms with van der Waals surface area (Å²) < 4.78 is 7.10. The highest BCUT2D eigenvalue weighted by molar-refractivity contribution is 6.36. The molecule has 1 aromatic carbocycles. The van der Waals surface area contributed by atoms with Gasteiger partial charge in [0.2, 0.25) is 5.75 Å². The first-order chi connectivity index (χ1) is 8.99. The van der Waals surface area contributed by atoms with Gasteiger partial charge in [-0.2, -0.15) is 9.61 Å². The molecule has 0 aliphatic carbocycles. The molecule has 1 N–H and O–H groups in total. The lowest BCUT2D eigenvalue weighted by molar-refractivity contribution is 0.457. The Morgan fingerprint density at radius 2 is 2.00 bits per heavy atom. The highest BCUT2D eigenvalue weighted by Crippen LogP contribution is 2.36. The van der Waals surface area contributed by atoms with Gasteiger partial charge in [-0.3, -0.25) is 0 Å². The third-order valence-electron chi connectivity index (χ3n) is 2.97. The van der Waals surface area contributed by atoms with Crippen LogP contribution in [0.15, 0.2) is 22.6 Å². The molecule has 3 rings (SSSR count). The summed E-state index contributed by atoms with van der Waals surface area (Å²) in [6, 6.07) is 5.21. The van der Waals surface area contributed by atoms with Crippen molar-refractivity contribution in [2.45, 2.75) is 13.8 Å². The van der Waals surface area contributed by atoms with E-state index in [1.54, 1.807) is 36.6 Å². The lowest BCUT2D eigenvalue weighted by Gasteiger charge is -2.03. The predicted octanol–water partition coefficient (Wildman–Crippen LogP) is 4.22. The molecule has 3 aromatic rings. The molecule has 0 aliphatic heterocycles. The number of fused-ring (bicyclic) bond motifs is 1. The van der Waals surface area contributed by atoms with Crippen LogP contribution in [0.25, 0.3) is 17.0 Å². The van der Waals surface area contributed by atoms with Crippen molar-refractivity contribution in [3.8, 4) is 17.0 Å². The van der Waals surface area contributed by atoms with Gasteiger partial charge >= 0.3 is 0 Å². The molecule has 0 bridgehead atoms. The normalized spacial score (nSPS) is 11.4. The summed E-state index contributed by atoms with van der Waals surface area (Å²) in [5.41, 5.74) is 2.28. The number of aromatic hydroxyl groups is 1. The van der Waals surface area contributed by atoms with Crippen LogP contribution in [-0.4, -0.2) is 14.7 Å². The zero-order chi connectivity index (χ0) is 13.7. The number of nitrogens with zero attached hydrogens (tertiary/aromatic N) is 2. The van der Waals surface area contributed by atoms with Crippen molar-refractivity contribution < 1.29 is 9.52 Å². The fraction of sp³-hybridized carbons (Fsp3) is 0.154. The quantitative estimate of drug-likeness (QED) is 0.731. The van der Waals surface area contributed by atoms with Crippen LogP contribution in [-0.2, 0) is 0 Å². The van der Waals surface area contributed by atoms with E-state index in [9.17, 15) is 5.11 Å². The van der Waals surface area contributed by atoms with Gasteiger partial charge in [0.05, 0.1) is 5.02 Å². The van der Waals surface area contributed by atoms with Crippen LogP contribution in [0.4, 0.5) is 0 Å². The number of halogens is 2. The second kappa shape index (κ2) is 4.18. The number of hydrogen-bond donors (Lipinski definition) is 1. The number of rotatable bonds is 1. The van der Waals surface area contributed by atoms with E-state index < -0.39 is 0 Å². The van der Waals surface area contributed by atoms with Crippen LogP contribution in [0.3, 0.4) is 0 Å². The van der Waals surface area contributed by atoms with Crippen molar-refractivity contribution in [1.29, 1.82) is 0 Å².